The van der Waals surface area contributed by atoms with Gasteiger partial charge in [0.2, 0.25) is 0 Å². The number of aromatic nitrogens is 1. The third kappa shape index (κ3) is 4.21. The number of hydrogen-bond donors (Lipinski definition) is 0. The van der Waals surface area contributed by atoms with Crippen molar-refractivity contribution in [1.82, 2.24) is 4.98 Å². The Morgan fingerprint density at radius 1 is 1.00 bits per heavy atom. The minimum absolute atomic E-state index is 0.0531. The number of benzene rings is 3. The average molecular weight is 417 g/mol. The number of nitrogens with zero attached hydrogens (tertiary/aromatic N) is 2. The van der Waals surface area contributed by atoms with E-state index in [1.54, 1.807) is 4.90 Å². The van der Waals surface area contributed by atoms with E-state index in [2.05, 4.69) is 6.07 Å². The summed E-state index contributed by atoms with van der Waals surface area (Å²) in [4.78, 5) is 20.2. The van der Waals surface area contributed by atoms with Gasteiger partial charge in [0, 0.05) is 5.56 Å². The highest BCUT2D eigenvalue weighted by molar-refractivity contribution is 7.22. The Labute approximate surface area is 180 Å². The number of anilines is 1. The Morgan fingerprint density at radius 3 is 2.43 bits per heavy atom. The highest BCUT2D eigenvalue weighted by Crippen LogP contribution is 2.35. The van der Waals surface area contributed by atoms with Crippen molar-refractivity contribution in [2.75, 3.05) is 11.5 Å². The summed E-state index contributed by atoms with van der Waals surface area (Å²) in [5.74, 6) is 0.693. The lowest BCUT2D eigenvalue weighted by molar-refractivity contribution is 0.0985. The second-order valence-electron chi connectivity index (χ2n) is 7.29. The number of carbonyl (C=O) groups is 1. The van der Waals surface area contributed by atoms with Crippen LogP contribution in [-0.4, -0.2) is 17.5 Å². The second-order valence-corrected chi connectivity index (χ2v) is 8.29. The molecule has 0 N–H and O–H groups in total. The van der Waals surface area contributed by atoms with E-state index >= 15 is 0 Å². The van der Waals surface area contributed by atoms with E-state index in [-0.39, 0.29) is 5.91 Å². The molecule has 30 heavy (non-hydrogen) atoms. The van der Waals surface area contributed by atoms with Gasteiger partial charge >= 0.3 is 0 Å². The predicted molar refractivity (Wildman–Crippen MR) is 124 cm³/mol. The number of amides is 1. The Morgan fingerprint density at radius 2 is 1.73 bits per heavy atom. The first-order valence-electron chi connectivity index (χ1n) is 10.0. The van der Waals surface area contributed by atoms with E-state index in [0.29, 0.717) is 23.8 Å². The van der Waals surface area contributed by atoms with Crippen molar-refractivity contribution in [1.29, 1.82) is 0 Å². The second kappa shape index (κ2) is 8.67. The first-order valence-corrected chi connectivity index (χ1v) is 10.8. The maximum absolute atomic E-state index is 13.6. The maximum atomic E-state index is 13.6. The van der Waals surface area contributed by atoms with Crippen molar-refractivity contribution >= 4 is 32.6 Å². The molecule has 0 fully saturated rings. The molecular weight excluding hydrogens is 392 g/mol. The molecule has 0 saturated heterocycles. The molecule has 0 unspecified atom stereocenters. The summed E-state index contributed by atoms with van der Waals surface area (Å²) in [5, 5.41) is 0.671. The predicted octanol–water partition coefficient (Wildman–Crippen LogP) is 6.16. The third-order valence-corrected chi connectivity index (χ3v) is 5.84. The summed E-state index contributed by atoms with van der Waals surface area (Å²) < 4.78 is 6.75. The molecule has 4 rings (SSSR count). The number of para-hydroxylation sites is 1. The first kappa shape index (κ1) is 20.1. The molecule has 0 saturated carbocycles. The summed E-state index contributed by atoms with van der Waals surface area (Å²) in [5.41, 5.74) is 4.67. The minimum Gasteiger partial charge on any atom is -0.492 e. The summed E-state index contributed by atoms with van der Waals surface area (Å²) in [7, 11) is 0. The lowest BCUT2D eigenvalue weighted by atomic mass is 10.1. The highest BCUT2D eigenvalue weighted by Gasteiger charge is 2.23. The van der Waals surface area contributed by atoms with Gasteiger partial charge in [-0.2, -0.15) is 0 Å². The zero-order valence-corrected chi connectivity index (χ0v) is 18.2. The van der Waals surface area contributed by atoms with Crippen LogP contribution in [0.2, 0.25) is 0 Å². The lowest BCUT2D eigenvalue weighted by Crippen LogP contribution is -2.30. The van der Waals surface area contributed by atoms with Gasteiger partial charge in [-0.15, -0.1) is 0 Å². The van der Waals surface area contributed by atoms with Crippen LogP contribution in [0.5, 0.6) is 5.75 Å². The van der Waals surface area contributed by atoms with Crippen molar-refractivity contribution in [3.8, 4) is 5.75 Å². The summed E-state index contributed by atoms with van der Waals surface area (Å²) in [6, 6.07) is 21.9. The zero-order chi connectivity index (χ0) is 21.1. The van der Waals surface area contributed by atoms with Crippen LogP contribution in [0.25, 0.3) is 10.2 Å². The SMILES string of the molecule is CCOc1cccc2sc(N(Cc3ccccc3)C(=O)c3cc(C)cc(C)c3)nc12. The maximum Gasteiger partial charge on any atom is 0.260 e. The van der Waals surface area contributed by atoms with Gasteiger partial charge in [-0.3, -0.25) is 9.69 Å². The molecule has 4 aromatic rings. The van der Waals surface area contributed by atoms with E-state index in [1.165, 1.54) is 11.3 Å². The average Bonchev–Trinajstić information content (AvgIpc) is 3.17. The molecule has 152 valence electrons. The van der Waals surface area contributed by atoms with Gasteiger partial charge in [0.15, 0.2) is 5.13 Å². The van der Waals surface area contributed by atoms with Gasteiger partial charge < -0.3 is 4.74 Å². The Hall–Kier alpha value is -3.18. The molecule has 0 aliphatic carbocycles. The van der Waals surface area contributed by atoms with Crippen LogP contribution in [-0.2, 0) is 6.54 Å². The number of rotatable bonds is 6. The minimum atomic E-state index is -0.0531. The van der Waals surface area contributed by atoms with Gasteiger partial charge in [0.1, 0.15) is 11.3 Å². The molecule has 0 atom stereocenters. The van der Waals surface area contributed by atoms with Gasteiger partial charge in [0.05, 0.1) is 17.9 Å². The fourth-order valence-electron chi connectivity index (χ4n) is 3.55. The summed E-state index contributed by atoms with van der Waals surface area (Å²) in [6.45, 7) is 7.00. The van der Waals surface area contributed by atoms with Crippen molar-refractivity contribution in [3.05, 3.63) is 89.0 Å². The van der Waals surface area contributed by atoms with E-state index in [0.717, 1.165) is 32.7 Å². The molecule has 1 heterocycles. The van der Waals surface area contributed by atoms with Gasteiger partial charge in [-0.1, -0.05) is 64.9 Å². The van der Waals surface area contributed by atoms with Crippen LogP contribution < -0.4 is 9.64 Å². The van der Waals surface area contributed by atoms with E-state index in [1.807, 2.05) is 81.4 Å². The Kier molecular flexibility index (Phi) is 5.81. The van der Waals surface area contributed by atoms with Gasteiger partial charge in [-0.25, -0.2) is 4.98 Å². The number of carbonyl (C=O) groups excluding carboxylic acids is 1. The van der Waals surface area contributed by atoms with Crippen LogP contribution in [0.3, 0.4) is 0 Å². The molecule has 5 heteroatoms. The molecule has 1 amide bonds. The number of fused-ring (bicyclic) bond motifs is 1. The van der Waals surface area contributed by atoms with E-state index in [4.69, 9.17) is 9.72 Å². The first-order chi connectivity index (χ1) is 14.5. The Balaban J connectivity index is 1.80. The molecule has 0 bridgehead atoms. The number of thiazole rings is 1. The Bertz CT molecular complexity index is 1160. The van der Waals surface area contributed by atoms with Crippen molar-refractivity contribution in [3.63, 3.8) is 0 Å². The van der Waals surface area contributed by atoms with Crippen LogP contribution in [0.15, 0.2) is 66.7 Å². The normalized spacial score (nSPS) is 10.9. The third-order valence-electron chi connectivity index (χ3n) is 4.80. The number of hydrogen-bond acceptors (Lipinski definition) is 4. The molecular formula is C25H24N2O2S. The fraction of sp³-hybridized carbons (Fsp3) is 0.200. The molecule has 1 aromatic heterocycles. The van der Waals surface area contributed by atoms with Crippen LogP contribution in [0.1, 0.15) is 34.0 Å². The quantitative estimate of drug-likeness (QED) is 0.378. The monoisotopic (exact) mass is 416 g/mol. The molecule has 3 aromatic carbocycles. The summed E-state index contributed by atoms with van der Waals surface area (Å²) in [6.07, 6.45) is 0. The van der Waals surface area contributed by atoms with Crippen LogP contribution in [0, 0.1) is 13.8 Å². The van der Waals surface area contributed by atoms with Crippen LogP contribution in [0.4, 0.5) is 5.13 Å². The zero-order valence-electron chi connectivity index (χ0n) is 17.4. The standard InChI is InChI=1S/C25H24N2O2S/c1-4-29-21-11-8-12-22-23(21)26-25(30-22)27(16-19-9-6-5-7-10-19)24(28)20-14-17(2)13-18(3)15-20/h5-15H,4,16H2,1-3H3. The van der Waals surface area contributed by atoms with Gasteiger partial charge in [-0.05, 0) is 50.6 Å². The van der Waals surface area contributed by atoms with Crippen LogP contribution >= 0.6 is 11.3 Å². The van der Waals surface area contributed by atoms with E-state index in [9.17, 15) is 4.79 Å². The number of aryl methyl sites for hydroxylation is 2. The molecule has 0 radical (unpaired) electrons. The largest absolute Gasteiger partial charge is 0.492 e. The van der Waals surface area contributed by atoms with Crippen molar-refractivity contribution in [2.24, 2.45) is 0 Å². The molecule has 0 aliphatic rings. The lowest BCUT2D eigenvalue weighted by Gasteiger charge is -2.20. The van der Waals surface area contributed by atoms with Crippen molar-refractivity contribution < 1.29 is 9.53 Å². The van der Waals surface area contributed by atoms with Crippen molar-refractivity contribution in [2.45, 2.75) is 27.3 Å². The van der Waals surface area contributed by atoms with E-state index < -0.39 is 0 Å². The van der Waals surface area contributed by atoms with Gasteiger partial charge in [0.25, 0.3) is 5.91 Å². The molecule has 0 spiro atoms. The number of ether oxygens (including phenoxy) is 1. The summed E-state index contributed by atoms with van der Waals surface area (Å²) >= 11 is 1.51. The smallest absolute Gasteiger partial charge is 0.260 e. The molecule has 4 nitrogen and oxygen atoms in total. The fourth-order valence-corrected chi connectivity index (χ4v) is 4.53. The highest BCUT2D eigenvalue weighted by atomic mass is 32.1. The molecule has 0 aliphatic heterocycles. The topological polar surface area (TPSA) is 42.4 Å².